The molecule has 0 radical (unpaired) electrons. The van der Waals surface area contributed by atoms with Gasteiger partial charge in [0.1, 0.15) is 140 Å². The van der Waals surface area contributed by atoms with Crippen LogP contribution >= 0.6 is 0 Å². The Balaban J connectivity index is 1.27. The molecule has 31 nitrogen and oxygen atoms in total. The topological polar surface area (TPSA) is 495 Å². The summed E-state index contributed by atoms with van der Waals surface area (Å²) in [5.41, 5.74) is 0. The van der Waals surface area contributed by atoms with E-state index in [1.807, 2.05) is 0 Å². The van der Waals surface area contributed by atoms with Gasteiger partial charge in [0.15, 0.2) is 37.7 Å². The Kier molecular flexibility index (Phi) is 19.8. The summed E-state index contributed by atoms with van der Waals surface area (Å²) in [5, 5.41) is 194. The van der Waals surface area contributed by atoms with E-state index in [-0.39, 0.29) is 0 Å². The molecule has 1 amide bonds. The number of aliphatic hydroxyl groups excluding tert-OH is 18. The summed E-state index contributed by atoms with van der Waals surface area (Å²) in [6.07, 6.45) is -54.6. The minimum Gasteiger partial charge on any atom is -0.394 e. The van der Waals surface area contributed by atoms with Crippen molar-refractivity contribution in [2.24, 2.45) is 0 Å². The maximum atomic E-state index is 12.8. The van der Waals surface area contributed by atoms with Crippen LogP contribution in [0.3, 0.4) is 0 Å². The lowest BCUT2D eigenvalue weighted by Crippen LogP contribution is -2.70. The molecule has 0 aromatic carbocycles. The van der Waals surface area contributed by atoms with Gasteiger partial charge in [-0.25, -0.2) is 0 Å². The van der Waals surface area contributed by atoms with Crippen molar-refractivity contribution in [2.45, 2.75) is 198 Å². The van der Waals surface area contributed by atoms with Crippen LogP contribution in [0.5, 0.6) is 0 Å². The number of carbonyl (C=O) groups excluding carboxylic acids is 1. The summed E-state index contributed by atoms with van der Waals surface area (Å²) in [6, 6.07) is -1.80. The summed E-state index contributed by atoms with van der Waals surface area (Å²) in [7, 11) is 0. The summed E-state index contributed by atoms with van der Waals surface area (Å²) in [4.78, 5) is 12.8. The molecule has 6 fully saturated rings. The van der Waals surface area contributed by atoms with E-state index in [0.717, 1.165) is 6.92 Å². The van der Waals surface area contributed by atoms with E-state index in [0.29, 0.717) is 0 Å². The van der Waals surface area contributed by atoms with E-state index in [2.05, 4.69) is 5.32 Å². The van der Waals surface area contributed by atoms with Gasteiger partial charge in [-0.15, -0.1) is 0 Å². The average Bonchev–Trinajstić information content (AvgIpc) is 3.32. The van der Waals surface area contributed by atoms with E-state index in [9.17, 15) is 96.7 Å². The van der Waals surface area contributed by atoms with Gasteiger partial charge in [0.05, 0.1) is 39.1 Å². The highest BCUT2D eigenvalue weighted by molar-refractivity contribution is 5.73. The fourth-order valence-electron chi connectivity index (χ4n) is 8.83. The fraction of sp³-hybridized carbons (Fsp3) is 0.974. The lowest BCUT2D eigenvalue weighted by atomic mass is 9.94. The molecule has 30 atom stereocenters. The Morgan fingerprint density at radius 2 is 0.768 bits per heavy atom. The molecule has 0 aromatic rings. The second-order valence-corrected chi connectivity index (χ2v) is 17.5. The molecule has 6 rings (SSSR count). The average molecular weight is 1020 g/mol. The van der Waals surface area contributed by atoms with Crippen molar-refractivity contribution in [3.8, 4) is 0 Å². The van der Waals surface area contributed by atoms with Crippen LogP contribution < -0.4 is 5.32 Å². The Bertz CT molecular complexity index is 1610. The first-order chi connectivity index (χ1) is 32.6. The molecule has 402 valence electrons. The first-order valence-electron chi connectivity index (χ1n) is 22.0. The maximum absolute atomic E-state index is 12.8. The van der Waals surface area contributed by atoms with Gasteiger partial charge in [-0.05, 0) is 6.92 Å². The molecule has 0 aromatic heterocycles. The van der Waals surface area contributed by atoms with Crippen LogP contribution in [0.4, 0.5) is 0 Å². The van der Waals surface area contributed by atoms with Gasteiger partial charge in [0.25, 0.3) is 0 Å². The zero-order chi connectivity index (χ0) is 50.9. The van der Waals surface area contributed by atoms with Crippen molar-refractivity contribution in [3.05, 3.63) is 0 Å². The van der Waals surface area contributed by atoms with Crippen molar-refractivity contribution in [3.63, 3.8) is 0 Å². The highest BCUT2D eigenvalue weighted by Crippen LogP contribution is 2.37. The van der Waals surface area contributed by atoms with E-state index < -0.39 is 223 Å². The summed E-state index contributed by atoms with van der Waals surface area (Å²) >= 11 is 0. The van der Waals surface area contributed by atoms with Gasteiger partial charge in [-0.1, -0.05) is 0 Å². The number of hydrogen-bond donors (Lipinski definition) is 19. The highest BCUT2D eigenvalue weighted by Gasteiger charge is 2.58. The molecule has 0 saturated carbocycles. The monoisotopic (exact) mass is 1020 g/mol. The largest absolute Gasteiger partial charge is 0.394 e. The molecule has 0 unspecified atom stereocenters. The molecule has 0 aliphatic carbocycles. The molecule has 6 aliphatic heterocycles. The smallest absolute Gasteiger partial charge is 0.217 e. The molecular weight excluding hydrogens is 950 g/mol. The zero-order valence-electron chi connectivity index (χ0n) is 36.8. The van der Waals surface area contributed by atoms with Gasteiger partial charge in [0, 0.05) is 6.92 Å². The molecule has 6 heterocycles. The lowest BCUT2D eigenvalue weighted by molar-refractivity contribution is -0.396. The fourth-order valence-corrected chi connectivity index (χ4v) is 8.83. The molecule has 69 heavy (non-hydrogen) atoms. The predicted molar refractivity (Wildman–Crippen MR) is 209 cm³/mol. The zero-order valence-corrected chi connectivity index (χ0v) is 36.8. The summed E-state index contributed by atoms with van der Waals surface area (Å²) in [5.74, 6) is -0.872. The van der Waals surface area contributed by atoms with E-state index >= 15 is 0 Å². The number of amides is 1. The van der Waals surface area contributed by atoms with Gasteiger partial charge >= 0.3 is 0 Å². The van der Waals surface area contributed by atoms with Crippen LogP contribution in [-0.2, 0) is 56.9 Å². The normalized spacial score (nSPS) is 52.1. The van der Waals surface area contributed by atoms with E-state index in [1.165, 1.54) is 6.92 Å². The van der Waals surface area contributed by atoms with Gasteiger partial charge < -0.3 is 149 Å². The molecule has 19 N–H and O–H groups in total. The molecule has 6 aliphatic rings. The highest BCUT2D eigenvalue weighted by atomic mass is 16.8. The molecule has 0 spiro atoms. The lowest BCUT2D eigenvalue weighted by Gasteiger charge is -2.51. The molecule has 6 saturated heterocycles. The number of hydrogen-bond acceptors (Lipinski definition) is 30. The first-order valence-corrected chi connectivity index (χ1v) is 22.0. The predicted octanol–water partition coefficient (Wildman–Crippen LogP) is -12.9. The molecule has 31 heteroatoms. The molecule has 0 bridgehead atoms. The third-order valence-corrected chi connectivity index (χ3v) is 12.8. The minimum atomic E-state index is -2.16. The van der Waals surface area contributed by atoms with E-state index in [4.69, 9.17) is 52.1 Å². The van der Waals surface area contributed by atoms with Crippen molar-refractivity contribution < 1.29 is 149 Å². The van der Waals surface area contributed by atoms with Crippen molar-refractivity contribution in [1.29, 1.82) is 0 Å². The first kappa shape index (κ1) is 56.6. The maximum Gasteiger partial charge on any atom is 0.217 e. The standard InChI is InChI=1S/C38H65NO30/c1-8-16(46)30(68-35-25(55)21(51)17(47)10(3-40)62-35)26(56)36(59-8)69-32-22(52)18(48)11(4-41)64-38(32)66-29-15(39-9(2)45)34(61-12(5-42)19(29)49)67-31-20(50)13(6-43)63-37(27(31)57)65-28-14(7-44)60-33(58)24(54)23(28)53/h8,10-38,40-44,46-58H,3-7H2,1-2H3,(H,39,45)/t8-,10+,11+,12+,13+,14+,15+,16+,17-,18-,19+,20-,21-,22-,23+,24+,25+,26-,27+,28+,29+,30+,31-,32+,33+,34-,35+,36+,37-,38-/m0/s1. The number of aliphatic hydroxyl groups is 18. The van der Waals surface area contributed by atoms with Crippen molar-refractivity contribution in [2.75, 3.05) is 33.0 Å². The van der Waals surface area contributed by atoms with Crippen LogP contribution in [0, 0.1) is 0 Å². The second kappa shape index (κ2) is 24.1. The Labute approximate surface area is 390 Å². The summed E-state index contributed by atoms with van der Waals surface area (Å²) < 4.78 is 62.5. The van der Waals surface area contributed by atoms with Gasteiger partial charge in [-0.3, -0.25) is 4.79 Å². The van der Waals surface area contributed by atoms with Gasteiger partial charge in [0.2, 0.25) is 5.91 Å². The third kappa shape index (κ3) is 11.8. The van der Waals surface area contributed by atoms with Crippen LogP contribution in [0.15, 0.2) is 0 Å². The van der Waals surface area contributed by atoms with Crippen molar-refractivity contribution >= 4 is 5.91 Å². The number of carbonyl (C=O) groups is 1. The molecular formula is C38H65NO30. The van der Waals surface area contributed by atoms with Crippen molar-refractivity contribution in [1.82, 2.24) is 5.32 Å². The number of ether oxygens (including phenoxy) is 11. The minimum absolute atomic E-state index is 0.853. The SMILES string of the molecule is CC(=O)N[C@H]1[C@H](O[C@H]2[C@@H](O)[C@@H](CO)O[C@@H](O[C@H]3[C@H](O)[C@@H](O)[C@H](O)O[C@@H]3CO)[C@@H]2O)O[C@H](CO)[C@@H](O)[C@@H]1O[C@@H]1O[C@H](CO)[C@H](O)[C@H](O)[C@H]1O[C@H]1O[C@@H](C)[C@@H](O)[C@@H](O[C@H]2O[C@H](CO)[C@H](O)[C@H](O)[C@H]2O)[C@@H]1O. The summed E-state index contributed by atoms with van der Waals surface area (Å²) in [6.45, 7) is -2.48. The quantitative estimate of drug-likeness (QED) is 0.0682. The third-order valence-electron chi connectivity index (χ3n) is 12.8. The number of rotatable bonds is 16. The van der Waals surface area contributed by atoms with Crippen LogP contribution in [-0.4, -0.2) is 315 Å². The second-order valence-electron chi connectivity index (χ2n) is 17.5. The van der Waals surface area contributed by atoms with Crippen LogP contribution in [0.25, 0.3) is 0 Å². The number of nitrogens with one attached hydrogen (secondary N) is 1. The van der Waals surface area contributed by atoms with Crippen LogP contribution in [0.1, 0.15) is 13.8 Å². The Morgan fingerprint density at radius 1 is 0.377 bits per heavy atom. The van der Waals surface area contributed by atoms with Gasteiger partial charge in [-0.2, -0.15) is 0 Å². The Morgan fingerprint density at radius 3 is 1.32 bits per heavy atom. The van der Waals surface area contributed by atoms with E-state index in [1.54, 1.807) is 0 Å². The van der Waals surface area contributed by atoms with Crippen LogP contribution in [0.2, 0.25) is 0 Å². The Hall–Kier alpha value is -1.69.